The number of rotatable bonds is 6. The number of carbonyl (C=O) groups is 1. The van der Waals surface area contributed by atoms with E-state index in [4.69, 9.17) is 9.47 Å². The van der Waals surface area contributed by atoms with Crippen molar-refractivity contribution in [2.24, 2.45) is 0 Å². The predicted molar refractivity (Wildman–Crippen MR) is 79.8 cm³/mol. The molecular formula is C16H16FNO4. The standard InChI is InChI=1S/C16H16FNO4/c17-8-9-21-13-6-7-14(15(19)10-13)18-16(20)22-11-12-4-2-1-3-5-12/h1-7,10,19H,8-9,11H2,(H,18,20). The van der Waals surface area contributed by atoms with E-state index in [0.29, 0.717) is 5.75 Å². The highest BCUT2D eigenvalue weighted by atomic mass is 19.1. The SMILES string of the molecule is O=C(Nc1ccc(OCCF)cc1O)OCc1ccccc1. The molecule has 0 atom stereocenters. The van der Waals surface area contributed by atoms with Crippen LogP contribution in [0.25, 0.3) is 0 Å². The van der Waals surface area contributed by atoms with E-state index >= 15 is 0 Å². The molecule has 0 unspecified atom stereocenters. The molecule has 0 fully saturated rings. The summed E-state index contributed by atoms with van der Waals surface area (Å²) < 4.78 is 22.1. The Bertz CT molecular complexity index is 619. The summed E-state index contributed by atoms with van der Waals surface area (Å²) in [6, 6.07) is 13.5. The van der Waals surface area contributed by atoms with E-state index in [1.165, 1.54) is 18.2 Å². The second-order valence-electron chi connectivity index (χ2n) is 4.40. The molecule has 0 aliphatic carbocycles. The molecule has 2 N–H and O–H groups in total. The van der Waals surface area contributed by atoms with Crippen molar-refractivity contribution in [3.8, 4) is 11.5 Å². The lowest BCUT2D eigenvalue weighted by Crippen LogP contribution is -2.13. The number of hydrogen-bond donors (Lipinski definition) is 2. The lowest BCUT2D eigenvalue weighted by molar-refractivity contribution is 0.155. The van der Waals surface area contributed by atoms with Crippen molar-refractivity contribution in [3.05, 3.63) is 54.1 Å². The molecular weight excluding hydrogens is 289 g/mol. The monoisotopic (exact) mass is 305 g/mol. The van der Waals surface area contributed by atoms with Crippen LogP contribution in [0.3, 0.4) is 0 Å². The summed E-state index contributed by atoms with van der Waals surface area (Å²) in [4.78, 5) is 11.7. The molecule has 0 saturated heterocycles. The fraction of sp³-hybridized carbons (Fsp3) is 0.188. The van der Waals surface area contributed by atoms with Crippen LogP contribution in [-0.2, 0) is 11.3 Å². The Kier molecular flexibility index (Phi) is 5.59. The van der Waals surface area contributed by atoms with Gasteiger partial charge in [0.05, 0.1) is 5.69 Å². The lowest BCUT2D eigenvalue weighted by Gasteiger charge is -2.10. The zero-order valence-corrected chi connectivity index (χ0v) is 11.8. The van der Waals surface area contributed by atoms with Gasteiger partial charge >= 0.3 is 6.09 Å². The molecule has 0 saturated carbocycles. The van der Waals surface area contributed by atoms with Gasteiger partial charge in [0.2, 0.25) is 0 Å². The molecule has 6 heteroatoms. The molecule has 0 aliphatic heterocycles. The van der Waals surface area contributed by atoms with Crippen LogP contribution in [0.1, 0.15) is 5.56 Å². The molecule has 0 heterocycles. The van der Waals surface area contributed by atoms with Crippen LogP contribution in [0, 0.1) is 0 Å². The number of hydrogen-bond acceptors (Lipinski definition) is 4. The van der Waals surface area contributed by atoms with Crippen LogP contribution in [-0.4, -0.2) is 24.5 Å². The number of ether oxygens (including phenoxy) is 2. The molecule has 0 spiro atoms. The van der Waals surface area contributed by atoms with Crippen molar-refractivity contribution in [2.75, 3.05) is 18.6 Å². The smallest absolute Gasteiger partial charge is 0.412 e. The normalized spacial score (nSPS) is 10.0. The highest BCUT2D eigenvalue weighted by molar-refractivity contribution is 5.86. The van der Waals surface area contributed by atoms with Gasteiger partial charge in [-0.3, -0.25) is 5.32 Å². The summed E-state index contributed by atoms with van der Waals surface area (Å²) in [5.74, 6) is 0.131. The van der Waals surface area contributed by atoms with Crippen LogP contribution in [0.15, 0.2) is 48.5 Å². The molecule has 0 aromatic heterocycles. The van der Waals surface area contributed by atoms with Crippen molar-refractivity contribution in [1.82, 2.24) is 0 Å². The number of carbonyl (C=O) groups excluding carboxylic acids is 1. The number of amides is 1. The van der Waals surface area contributed by atoms with E-state index in [2.05, 4.69) is 5.32 Å². The Morgan fingerprint density at radius 2 is 1.95 bits per heavy atom. The van der Waals surface area contributed by atoms with Crippen LogP contribution in [0.5, 0.6) is 11.5 Å². The van der Waals surface area contributed by atoms with Crippen molar-refractivity contribution in [2.45, 2.75) is 6.61 Å². The van der Waals surface area contributed by atoms with Crippen molar-refractivity contribution < 1.29 is 23.8 Å². The van der Waals surface area contributed by atoms with Crippen LogP contribution in [0.4, 0.5) is 14.9 Å². The van der Waals surface area contributed by atoms with Gasteiger partial charge in [-0.2, -0.15) is 0 Å². The number of aromatic hydroxyl groups is 1. The summed E-state index contributed by atoms with van der Waals surface area (Å²) in [7, 11) is 0. The second-order valence-corrected chi connectivity index (χ2v) is 4.40. The predicted octanol–water partition coefficient (Wildman–Crippen LogP) is 3.49. The maximum atomic E-state index is 12.0. The number of halogens is 1. The van der Waals surface area contributed by atoms with E-state index in [1.54, 1.807) is 0 Å². The third-order valence-electron chi connectivity index (χ3n) is 2.76. The number of anilines is 1. The molecule has 0 radical (unpaired) electrons. The largest absolute Gasteiger partial charge is 0.506 e. The maximum Gasteiger partial charge on any atom is 0.412 e. The zero-order chi connectivity index (χ0) is 15.8. The third-order valence-corrected chi connectivity index (χ3v) is 2.76. The topological polar surface area (TPSA) is 67.8 Å². The zero-order valence-electron chi connectivity index (χ0n) is 11.8. The summed E-state index contributed by atoms with van der Waals surface area (Å²) in [5, 5.41) is 12.2. The van der Waals surface area contributed by atoms with Gasteiger partial charge in [0.15, 0.2) is 0 Å². The lowest BCUT2D eigenvalue weighted by atomic mass is 10.2. The van der Waals surface area contributed by atoms with Gasteiger partial charge in [0.25, 0.3) is 0 Å². The van der Waals surface area contributed by atoms with E-state index in [9.17, 15) is 14.3 Å². The summed E-state index contributed by atoms with van der Waals surface area (Å²) >= 11 is 0. The van der Waals surface area contributed by atoms with Gasteiger partial charge in [-0.15, -0.1) is 0 Å². The minimum absolute atomic E-state index is 0.0919. The minimum Gasteiger partial charge on any atom is -0.506 e. The average molecular weight is 305 g/mol. The minimum atomic E-state index is -0.684. The first-order chi connectivity index (χ1) is 10.7. The Hall–Kier alpha value is -2.76. The number of phenolic OH excluding ortho intramolecular Hbond substituents is 1. The van der Waals surface area contributed by atoms with Gasteiger partial charge in [0.1, 0.15) is 31.4 Å². The summed E-state index contributed by atoms with van der Waals surface area (Å²) in [6.45, 7) is -0.580. The van der Waals surface area contributed by atoms with Gasteiger partial charge in [0, 0.05) is 6.07 Å². The van der Waals surface area contributed by atoms with E-state index in [1.807, 2.05) is 30.3 Å². The van der Waals surface area contributed by atoms with Crippen LogP contribution >= 0.6 is 0 Å². The van der Waals surface area contributed by atoms with Gasteiger partial charge in [-0.25, -0.2) is 9.18 Å². The first-order valence-electron chi connectivity index (χ1n) is 6.68. The first kappa shape index (κ1) is 15.6. The molecule has 2 aromatic carbocycles. The molecule has 0 aliphatic rings. The molecule has 0 bridgehead atoms. The van der Waals surface area contributed by atoms with E-state index < -0.39 is 12.8 Å². The third kappa shape index (κ3) is 4.66. The fourth-order valence-electron chi connectivity index (χ4n) is 1.73. The molecule has 22 heavy (non-hydrogen) atoms. The molecule has 2 aromatic rings. The van der Waals surface area contributed by atoms with Gasteiger partial charge in [-0.1, -0.05) is 30.3 Å². The second kappa shape index (κ2) is 7.87. The summed E-state index contributed by atoms with van der Waals surface area (Å²) in [5.41, 5.74) is 1.04. The van der Waals surface area contributed by atoms with E-state index in [-0.39, 0.29) is 24.7 Å². The van der Waals surface area contributed by atoms with Crippen molar-refractivity contribution in [1.29, 1.82) is 0 Å². The van der Waals surface area contributed by atoms with Crippen LogP contribution in [0.2, 0.25) is 0 Å². The Labute approximate surface area is 127 Å². The number of benzene rings is 2. The van der Waals surface area contributed by atoms with Gasteiger partial charge in [-0.05, 0) is 17.7 Å². The number of alkyl halides is 1. The van der Waals surface area contributed by atoms with Gasteiger partial charge < -0.3 is 14.6 Å². The Morgan fingerprint density at radius 1 is 1.18 bits per heavy atom. The summed E-state index contributed by atoms with van der Waals surface area (Å²) in [6.07, 6.45) is -0.684. The quantitative estimate of drug-likeness (QED) is 0.802. The molecule has 2 rings (SSSR count). The van der Waals surface area contributed by atoms with Crippen molar-refractivity contribution in [3.63, 3.8) is 0 Å². The van der Waals surface area contributed by atoms with Crippen LogP contribution < -0.4 is 10.1 Å². The Morgan fingerprint density at radius 3 is 2.64 bits per heavy atom. The molecule has 1 amide bonds. The Balaban J connectivity index is 1.88. The highest BCUT2D eigenvalue weighted by Crippen LogP contribution is 2.28. The number of phenols is 1. The average Bonchev–Trinajstić information content (AvgIpc) is 2.54. The molecule has 116 valence electrons. The fourth-order valence-corrected chi connectivity index (χ4v) is 1.73. The number of nitrogens with one attached hydrogen (secondary N) is 1. The highest BCUT2D eigenvalue weighted by Gasteiger charge is 2.09. The maximum absolute atomic E-state index is 12.0. The van der Waals surface area contributed by atoms with Crippen molar-refractivity contribution >= 4 is 11.8 Å². The first-order valence-corrected chi connectivity index (χ1v) is 6.68. The van der Waals surface area contributed by atoms with E-state index in [0.717, 1.165) is 5.56 Å². The molecule has 5 nitrogen and oxygen atoms in total.